The molecule has 15 rings (SSSR count). The molecule has 0 amide bonds. The van der Waals surface area contributed by atoms with E-state index in [-0.39, 0.29) is 83.1 Å². The standard InChI is InChI=1S/C71H96N19O39P7S7/c1-29-16-84(66(96)76-57(29)72)50-10-38(44(117-50)23-110-131(103,138)123-36-9-49(116-35(36)7)86-18-31(3)60(91)80-68(86)98)125-133(105,140)112-24-45-39(11-51(118-45)85-17-30(2)58(73)77-67(85)97)126-134(106,141)113-25-47-41(13-53(120-47)88-20-33(5)62(93)82-70(88)100)128-136(108,143)115-27-48-42(14-54(121-48)89-21-34(6)63(94)83-71(89)101)129-135(107,142)114-26-46-40(12-52(119-46)87-19-32(4)61(92)81-69(87)99)127-132(104,139)111-22-43-37(124-130(102,137)109-8)15-55(122-43)90-28-75-56-59(90)78-65(74)79-64(56)95/h16-21,28,35-55H,9-15,22-27H2,1-8H3,(H,102,137)(H,103,138)(H,104,139)(H,105,140)(H,106,141)(H,107,142)(H,108,143)(H2,72,76,96)(H2,73,77,97)(H,80,91,98)(H,81,92,99)(H,82,93,100)(H,83,94,101)(H3,74,78,79,95)/t35-,36?,37?,38?,39?,40?,41?,42?,43-,44-,45-,46-,47-,48-,49-,50-,51-,52-,53-,54-,55-,130?,131?,132?,133?,134?,135?,136?/m1/s1. The zero-order valence-corrected chi connectivity index (χ0v) is 87.7. The predicted molar refractivity (Wildman–Crippen MR) is 520 cm³/mol. The van der Waals surface area contributed by atoms with Crippen LogP contribution in [0.15, 0.2) is 96.2 Å². The Morgan fingerprint density at radius 3 is 0.853 bits per heavy atom. The summed E-state index contributed by atoms with van der Waals surface area (Å²) in [4.78, 5) is 253. The Morgan fingerprint density at radius 2 is 0.573 bits per heavy atom. The Hall–Kier alpha value is -6.34. The maximum absolute atomic E-state index is 13.6. The van der Waals surface area contributed by atoms with Gasteiger partial charge in [0.1, 0.15) is 91.9 Å². The van der Waals surface area contributed by atoms with Crippen LogP contribution < -0.4 is 79.1 Å². The highest BCUT2D eigenvalue weighted by Gasteiger charge is 2.52. The summed E-state index contributed by atoms with van der Waals surface area (Å²) >= 11 is 38.6. The highest BCUT2D eigenvalue weighted by Crippen LogP contribution is 2.59. The maximum atomic E-state index is 13.6. The largest absolute Gasteiger partial charge is 0.383 e. The van der Waals surface area contributed by atoms with Crippen LogP contribution in [0.25, 0.3) is 11.2 Å². The van der Waals surface area contributed by atoms with Crippen molar-refractivity contribution in [3.63, 3.8) is 0 Å². The summed E-state index contributed by atoms with van der Waals surface area (Å²) < 4.78 is 134. The Bertz CT molecular complexity index is 7290. The van der Waals surface area contributed by atoms with E-state index in [4.69, 9.17) is 196 Å². The third-order valence-corrected chi connectivity index (χ3v) is 34.7. The number of nitrogens with two attached hydrogens (primary N) is 3. The number of aromatic amines is 5. The molecule has 18 N–H and O–H groups in total. The highest BCUT2D eigenvalue weighted by molar-refractivity contribution is 8.09. The molecule has 14 unspecified atom stereocenters. The molecule has 0 bridgehead atoms. The molecule has 8 aromatic rings. The van der Waals surface area contributed by atoms with Crippen LogP contribution in [0.2, 0.25) is 0 Å². The van der Waals surface area contributed by atoms with Gasteiger partial charge in [-0.05, 0) is 131 Å². The minimum atomic E-state index is -4.81. The number of anilines is 3. The van der Waals surface area contributed by atoms with Gasteiger partial charge in [-0.1, -0.05) is 0 Å². The number of nitrogens with zero attached hydrogens (tertiary/aromatic N) is 11. The molecule has 7 fully saturated rings. The summed E-state index contributed by atoms with van der Waals surface area (Å²) in [6.07, 6.45) is -21.5. The lowest BCUT2D eigenvalue weighted by molar-refractivity contribution is -0.0581. The van der Waals surface area contributed by atoms with Crippen molar-refractivity contribution in [3.05, 3.63) is 192 Å². The van der Waals surface area contributed by atoms with Gasteiger partial charge in [0.05, 0.1) is 94.8 Å². The van der Waals surface area contributed by atoms with E-state index in [2.05, 4.69) is 44.9 Å². The van der Waals surface area contributed by atoms with Crippen molar-refractivity contribution >= 4 is 158 Å². The molecule has 0 saturated carbocycles. The van der Waals surface area contributed by atoms with E-state index in [0.717, 1.165) is 46.9 Å². The maximum Gasteiger partial charge on any atom is 0.351 e. The number of rotatable bonds is 40. The van der Waals surface area contributed by atoms with Gasteiger partial charge in [-0.2, -0.15) is 15.0 Å². The van der Waals surface area contributed by atoms with Crippen molar-refractivity contribution in [2.75, 3.05) is 64.0 Å². The van der Waals surface area contributed by atoms with Crippen molar-refractivity contribution in [2.45, 2.75) is 222 Å². The van der Waals surface area contributed by atoms with E-state index in [9.17, 15) is 87.0 Å². The number of nitrogens with one attached hydrogen (secondary N) is 5. The summed E-state index contributed by atoms with van der Waals surface area (Å²) in [5, 5.41) is 0. The minimum Gasteiger partial charge on any atom is -0.383 e. The number of hydrogen-bond acceptors (Lipinski definition) is 46. The smallest absolute Gasteiger partial charge is 0.351 e. The number of nitrogen functional groups attached to an aromatic ring is 3. The van der Waals surface area contributed by atoms with Crippen molar-refractivity contribution in [2.24, 2.45) is 0 Å². The molecule has 0 radical (unpaired) electrons. The third-order valence-electron chi connectivity index (χ3n) is 23.5. The first-order valence-electron chi connectivity index (χ1n) is 42.7. The first kappa shape index (κ1) is 111. The van der Waals surface area contributed by atoms with Crippen molar-refractivity contribution in [3.8, 4) is 0 Å². The fourth-order valence-corrected chi connectivity index (χ4v) is 26.1. The summed E-state index contributed by atoms with van der Waals surface area (Å²) in [5.74, 6) is -0.486. The van der Waals surface area contributed by atoms with Crippen LogP contribution in [0.5, 0.6) is 0 Å². The molecule has 7 aliphatic heterocycles. The minimum absolute atomic E-state index is 0.00375. The number of fused-ring (bicyclic) bond motifs is 1. The number of imidazole rings is 1. The first-order chi connectivity index (χ1) is 66.9. The normalized spacial score (nSPS) is 29.7. The molecule has 72 heteroatoms. The van der Waals surface area contributed by atoms with Crippen LogP contribution in [-0.2, 0) is 179 Å². The molecule has 15 heterocycles. The highest BCUT2D eigenvalue weighted by atomic mass is 32.5. The SMILES string of the molecule is COP(O)(=S)OC1C[C@H](n2cnc3c(=O)[nH]c(N)nc32)O[C@@H]1COP(O)(=S)OC1C[C@H](n2cc(C)c(=O)[nH]c2=O)O[C@@H]1COP(O)(=S)OC1C[C@H](n2cc(C)c(=O)[nH]c2=O)O[C@@H]1COP(O)(=S)OC1C[C@H](n2cc(C)c(=O)[nH]c2=O)O[C@@H]1COP(O)(=S)OC1C[C@H](n2cc(C)c(N)nc2=O)O[C@@H]1COP(O)(=S)OC1C[C@H](n2cc(C)c(N)nc2=O)O[C@@H]1COP(O)(=S)OC1C[C@H](n2cc(C)c(=O)[nH]c2=O)O[C@@H]1C. The molecular weight excluding hydrogens is 2180 g/mol. The Labute approximate surface area is 838 Å². The van der Waals surface area contributed by atoms with Gasteiger partial charge in [0.2, 0.25) is 5.95 Å². The van der Waals surface area contributed by atoms with E-state index >= 15 is 0 Å². The van der Waals surface area contributed by atoms with E-state index in [0.29, 0.717) is 11.1 Å². The van der Waals surface area contributed by atoms with Crippen molar-refractivity contribution in [1.82, 2.24) is 76.8 Å². The monoisotopic (exact) mass is 2280 g/mol. The lowest BCUT2D eigenvalue weighted by Gasteiger charge is -2.29. The van der Waals surface area contributed by atoms with Gasteiger partial charge in [0.15, 0.2) is 11.2 Å². The second-order valence-corrected chi connectivity index (χ2v) is 53.3. The predicted octanol–water partition coefficient (Wildman–Crippen LogP) is -0.576. The van der Waals surface area contributed by atoms with Gasteiger partial charge in [-0.15, -0.1) is 0 Å². The summed E-state index contributed by atoms with van der Waals surface area (Å²) in [6, 6.07) is 0. The van der Waals surface area contributed by atoms with Crippen LogP contribution in [-0.4, -0.2) is 243 Å². The molecule has 143 heavy (non-hydrogen) atoms. The van der Waals surface area contributed by atoms with Crippen molar-refractivity contribution in [1.29, 1.82) is 0 Å². The van der Waals surface area contributed by atoms with E-state index < -0.39 is 290 Å². The fraction of sp³-hybridized carbons (Fsp3) is 0.592. The van der Waals surface area contributed by atoms with Crippen LogP contribution >= 0.6 is 47.0 Å². The fourth-order valence-electron chi connectivity index (χ4n) is 16.2. The molecule has 58 nitrogen and oxygen atoms in total. The van der Waals surface area contributed by atoms with Crippen LogP contribution in [0, 0.1) is 41.5 Å². The van der Waals surface area contributed by atoms with E-state index in [1.807, 2.05) is 0 Å². The average Bonchev–Trinajstić information content (AvgIpc) is 1.62. The zero-order valence-electron chi connectivity index (χ0n) is 75.7. The van der Waals surface area contributed by atoms with Gasteiger partial charge >= 0.3 is 81.2 Å². The summed E-state index contributed by atoms with van der Waals surface area (Å²) in [7, 11) is 1.10. The summed E-state index contributed by atoms with van der Waals surface area (Å²) in [5.41, 5.74) is 9.57. The van der Waals surface area contributed by atoms with Crippen LogP contribution in [0.4, 0.5) is 17.6 Å². The number of hydrogen-bond donors (Lipinski definition) is 15. The molecular formula is C71H96N19O39P7S7. The number of aryl methyl sites for hydroxylation is 6. The lowest BCUT2D eigenvalue weighted by Crippen LogP contribution is -2.33. The van der Waals surface area contributed by atoms with Gasteiger partial charge < -0.3 is 148 Å². The number of H-pyrrole nitrogens is 5. The average molecular weight is 2280 g/mol. The Balaban J connectivity index is 0.631. The van der Waals surface area contributed by atoms with Gasteiger partial charge in [0, 0.05) is 123 Å². The molecule has 7 aliphatic rings. The molecule has 0 spiro atoms. The van der Waals surface area contributed by atoms with Crippen LogP contribution in [0.3, 0.4) is 0 Å². The molecule has 28 atom stereocenters. The van der Waals surface area contributed by atoms with Crippen LogP contribution in [0.1, 0.15) is 129 Å². The zero-order chi connectivity index (χ0) is 104. The van der Waals surface area contributed by atoms with E-state index in [1.54, 1.807) is 13.8 Å². The third kappa shape index (κ3) is 26.8. The first-order valence-corrected chi connectivity index (χ1v) is 60.9. The van der Waals surface area contributed by atoms with Crippen molar-refractivity contribution < 1.29 is 131 Å². The quantitative estimate of drug-likeness (QED) is 0.0214. The Morgan fingerprint density at radius 1 is 0.336 bits per heavy atom. The molecule has 786 valence electrons. The Kier molecular flexibility index (Phi) is 34.3. The number of aromatic nitrogens is 16. The second kappa shape index (κ2) is 44.3. The molecule has 7 saturated heterocycles. The molecule has 0 aromatic carbocycles. The summed E-state index contributed by atoms with van der Waals surface area (Å²) in [6.45, 7) is -26.3. The number of ether oxygens (including phenoxy) is 7. The molecule has 8 aromatic heterocycles. The van der Waals surface area contributed by atoms with Gasteiger partial charge in [0.25, 0.3) is 27.8 Å². The van der Waals surface area contributed by atoms with Gasteiger partial charge in [-0.25, -0.2) is 33.8 Å². The molecule has 0 aliphatic carbocycles. The van der Waals surface area contributed by atoms with E-state index in [1.165, 1.54) is 70.3 Å². The lowest BCUT2D eigenvalue weighted by atomic mass is 10.2. The van der Waals surface area contributed by atoms with Gasteiger partial charge in [-0.3, -0.25) is 80.9 Å². The topological polar surface area (TPSA) is 766 Å². The second-order valence-electron chi connectivity index (χ2n) is 33.7.